The summed E-state index contributed by atoms with van der Waals surface area (Å²) in [5, 5.41) is 9.55. The predicted octanol–water partition coefficient (Wildman–Crippen LogP) is 4.30. The number of aryl methyl sites for hydroxylation is 1. The number of hydrazone groups is 1. The number of fused-ring (bicyclic) bond motifs is 1. The molecule has 3 aromatic carbocycles. The third-order valence-corrected chi connectivity index (χ3v) is 5.03. The smallest absolute Gasteiger partial charge is 0.0543 e. The van der Waals surface area contributed by atoms with E-state index in [1.54, 1.807) is 0 Å². The van der Waals surface area contributed by atoms with Crippen LogP contribution in [-0.2, 0) is 6.54 Å². The van der Waals surface area contributed by atoms with E-state index in [2.05, 4.69) is 88.7 Å². The highest BCUT2D eigenvalue weighted by molar-refractivity contribution is 5.85. The number of hydrogen-bond donors (Lipinski definition) is 0. The molecule has 0 saturated carbocycles. The molecule has 0 bridgehead atoms. The van der Waals surface area contributed by atoms with E-state index in [9.17, 15) is 0 Å². The number of benzene rings is 3. The summed E-state index contributed by atoms with van der Waals surface area (Å²) >= 11 is 0. The van der Waals surface area contributed by atoms with Gasteiger partial charge < -0.3 is 0 Å². The molecule has 3 nitrogen and oxygen atoms in total. The Balaban J connectivity index is 1.36. The van der Waals surface area contributed by atoms with Gasteiger partial charge in [0.15, 0.2) is 0 Å². The molecule has 1 saturated heterocycles. The molecule has 132 valence electrons. The molecule has 1 aliphatic rings. The van der Waals surface area contributed by atoms with Gasteiger partial charge in [0, 0.05) is 32.7 Å². The molecule has 0 N–H and O–H groups in total. The highest BCUT2D eigenvalue weighted by Gasteiger charge is 2.16. The van der Waals surface area contributed by atoms with Gasteiger partial charge >= 0.3 is 0 Å². The number of hydrogen-bond acceptors (Lipinski definition) is 3. The summed E-state index contributed by atoms with van der Waals surface area (Å²) in [5.41, 5.74) is 3.86. The minimum absolute atomic E-state index is 0.979. The molecule has 26 heavy (non-hydrogen) atoms. The van der Waals surface area contributed by atoms with E-state index in [1.165, 1.54) is 27.5 Å². The van der Waals surface area contributed by atoms with E-state index < -0.39 is 0 Å². The van der Waals surface area contributed by atoms with E-state index >= 15 is 0 Å². The van der Waals surface area contributed by atoms with Gasteiger partial charge in [0.05, 0.1) is 6.21 Å². The number of rotatable bonds is 4. The third-order valence-electron chi connectivity index (χ3n) is 5.03. The van der Waals surface area contributed by atoms with Crippen LogP contribution in [0.1, 0.15) is 16.7 Å². The molecule has 0 spiro atoms. The Bertz CT molecular complexity index is 903. The van der Waals surface area contributed by atoms with E-state index in [4.69, 9.17) is 0 Å². The molecule has 4 rings (SSSR count). The van der Waals surface area contributed by atoms with Crippen molar-refractivity contribution in [3.05, 3.63) is 83.4 Å². The SMILES string of the molecule is Cc1cccc(/C=N/N2CCN(Cc3cccc4ccccc34)CC2)c1. The van der Waals surface area contributed by atoms with E-state index in [-0.39, 0.29) is 0 Å². The van der Waals surface area contributed by atoms with Crippen molar-refractivity contribution in [1.29, 1.82) is 0 Å². The highest BCUT2D eigenvalue weighted by Crippen LogP contribution is 2.20. The summed E-state index contributed by atoms with van der Waals surface area (Å²) in [6.07, 6.45) is 1.98. The predicted molar refractivity (Wildman–Crippen MR) is 110 cm³/mol. The Hall–Kier alpha value is -2.65. The molecule has 0 radical (unpaired) electrons. The van der Waals surface area contributed by atoms with Gasteiger partial charge in [-0.1, -0.05) is 72.3 Å². The first kappa shape index (κ1) is 16.8. The van der Waals surface area contributed by atoms with Crippen molar-refractivity contribution < 1.29 is 0 Å². The molecule has 0 aliphatic carbocycles. The lowest BCUT2D eigenvalue weighted by Crippen LogP contribution is -2.43. The van der Waals surface area contributed by atoms with Crippen molar-refractivity contribution >= 4 is 17.0 Å². The van der Waals surface area contributed by atoms with Crippen LogP contribution in [0.2, 0.25) is 0 Å². The summed E-state index contributed by atoms with van der Waals surface area (Å²) in [5.74, 6) is 0. The van der Waals surface area contributed by atoms with Crippen LogP contribution in [0.5, 0.6) is 0 Å². The van der Waals surface area contributed by atoms with Crippen LogP contribution < -0.4 is 0 Å². The zero-order valence-electron chi connectivity index (χ0n) is 15.3. The van der Waals surface area contributed by atoms with Crippen molar-refractivity contribution in [2.45, 2.75) is 13.5 Å². The second-order valence-corrected chi connectivity index (χ2v) is 7.03. The Morgan fingerprint density at radius 2 is 1.65 bits per heavy atom. The van der Waals surface area contributed by atoms with Crippen LogP contribution in [0.15, 0.2) is 71.8 Å². The number of nitrogens with zero attached hydrogens (tertiary/aromatic N) is 3. The van der Waals surface area contributed by atoms with Gasteiger partial charge in [-0.15, -0.1) is 0 Å². The van der Waals surface area contributed by atoms with Crippen LogP contribution >= 0.6 is 0 Å². The third kappa shape index (κ3) is 3.94. The van der Waals surface area contributed by atoms with Gasteiger partial charge in [-0.05, 0) is 28.8 Å². The minimum Gasteiger partial charge on any atom is -0.295 e. The van der Waals surface area contributed by atoms with Crippen molar-refractivity contribution in [2.75, 3.05) is 26.2 Å². The maximum absolute atomic E-state index is 4.67. The van der Waals surface area contributed by atoms with Crippen molar-refractivity contribution in [1.82, 2.24) is 9.91 Å². The standard InChI is InChI=1S/C23H25N3/c1-19-6-4-7-20(16-19)17-24-26-14-12-25(13-15-26)18-22-10-5-9-21-8-2-3-11-23(21)22/h2-11,16-17H,12-15,18H2,1H3/b24-17+. The fourth-order valence-electron chi connectivity index (χ4n) is 3.58. The van der Waals surface area contributed by atoms with Crippen LogP contribution in [0.3, 0.4) is 0 Å². The summed E-state index contributed by atoms with van der Waals surface area (Å²) in [4.78, 5) is 2.53. The zero-order valence-corrected chi connectivity index (χ0v) is 15.3. The average Bonchev–Trinajstić information content (AvgIpc) is 2.68. The zero-order chi connectivity index (χ0) is 17.8. The van der Waals surface area contributed by atoms with Crippen LogP contribution in [-0.4, -0.2) is 42.3 Å². The molecular weight excluding hydrogens is 318 g/mol. The molecule has 3 heteroatoms. The van der Waals surface area contributed by atoms with Crippen LogP contribution in [0.25, 0.3) is 10.8 Å². The Labute approximate surface area is 155 Å². The van der Waals surface area contributed by atoms with Crippen LogP contribution in [0, 0.1) is 6.92 Å². The Morgan fingerprint density at radius 3 is 2.50 bits per heavy atom. The van der Waals surface area contributed by atoms with E-state index in [0.717, 1.165) is 32.7 Å². The largest absolute Gasteiger partial charge is 0.295 e. The Kier molecular flexibility index (Phi) is 4.98. The lowest BCUT2D eigenvalue weighted by Gasteiger charge is -2.33. The molecule has 1 fully saturated rings. The molecule has 0 atom stereocenters. The Morgan fingerprint density at radius 1 is 0.885 bits per heavy atom. The lowest BCUT2D eigenvalue weighted by atomic mass is 10.0. The molecule has 1 aliphatic heterocycles. The molecule has 3 aromatic rings. The van der Waals surface area contributed by atoms with Gasteiger partial charge in [0.25, 0.3) is 0 Å². The fourth-order valence-corrected chi connectivity index (χ4v) is 3.58. The molecular formula is C23H25N3. The molecule has 1 heterocycles. The monoisotopic (exact) mass is 343 g/mol. The van der Waals surface area contributed by atoms with Gasteiger partial charge in [0.2, 0.25) is 0 Å². The quantitative estimate of drug-likeness (QED) is 0.658. The molecule has 0 unspecified atom stereocenters. The first-order valence-corrected chi connectivity index (χ1v) is 9.32. The maximum Gasteiger partial charge on any atom is 0.0543 e. The fraction of sp³-hybridized carbons (Fsp3) is 0.261. The van der Waals surface area contributed by atoms with Crippen molar-refractivity contribution in [3.63, 3.8) is 0 Å². The van der Waals surface area contributed by atoms with Crippen LogP contribution in [0.4, 0.5) is 0 Å². The normalized spacial score (nSPS) is 15.8. The minimum atomic E-state index is 0.979. The van der Waals surface area contributed by atoms with Crippen molar-refractivity contribution in [2.24, 2.45) is 5.10 Å². The van der Waals surface area contributed by atoms with E-state index in [1.807, 2.05) is 6.21 Å². The topological polar surface area (TPSA) is 18.8 Å². The van der Waals surface area contributed by atoms with Gasteiger partial charge in [-0.3, -0.25) is 9.91 Å². The first-order chi connectivity index (χ1) is 12.8. The second-order valence-electron chi connectivity index (χ2n) is 7.03. The summed E-state index contributed by atoms with van der Waals surface area (Å²) < 4.78 is 0. The van der Waals surface area contributed by atoms with Gasteiger partial charge in [-0.25, -0.2) is 0 Å². The first-order valence-electron chi connectivity index (χ1n) is 9.32. The lowest BCUT2D eigenvalue weighted by molar-refractivity contribution is 0.131. The highest BCUT2D eigenvalue weighted by atomic mass is 15.5. The summed E-state index contributed by atoms with van der Waals surface area (Å²) in [6.45, 7) is 7.18. The average molecular weight is 343 g/mol. The summed E-state index contributed by atoms with van der Waals surface area (Å²) in [6, 6.07) is 23.7. The number of piperazine rings is 1. The second kappa shape index (κ2) is 7.71. The molecule has 0 amide bonds. The van der Waals surface area contributed by atoms with Crippen molar-refractivity contribution in [3.8, 4) is 0 Å². The summed E-state index contributed by atoms with van der Waals surface area (Å²) in [7, 11) is 0. The molecule has 0 aromatic heterocycles. The van der Waals surface area contributed by atoms with E-state index in [0.29, 0.717) is 0 Å². The van der Waals surface area contributed by atoms with Gasteiger partial charge in [0.1, 0.15) is 0 Å². The van der Waals surface area contributed by atoms with Gasteiger partial charge in [-0.2, -0.15) is 5.10 Å². The maximum atomic E-state index is 4.67.